The second-order valence-corrected chi connectivity index (χ2v) is 12.1. The molecule has 1 heterocycles. The zero-order valence-corrected chi connectivity index (χ0v) is 25.7. The number of benzene rings is 3. The predicted molar refractivity (Wildman–Crippen MR) is 175 cm³/mol. The average molecular weight is 578 g/mol. The van der Waals surface area contributed by atoms with Crippen molar-refractivity contribution in [3.63, 3.8) is 0 Å². The highest BCUT2D eigenvalue weighted by Crippen LogP contribution is 2.43. The second kappa shape index (κ2) is 12.7. The predicted octanol–water partition coefficient (Wildman–Crippen LogP) is 5.83. The summed E-state index contributed by atoms with van der Waals surface area (Å²) in [5, 5.41) is 30.6. The summed E-state index contributed by atoms with van der Waals surface area (Å²) in [6.07, 6.45) is 6.38. The van der Waals surface area contributed by atoms with Crippen molar-refractivity contribution in [1.82, 2.24) is 0 Å². The topological polar surface area (TPSA) is 84.0 Å². The number of rotatable bonds is 12. The third-order valence-corrected chi connectivity index (χ3v) is 8.72. The highest BCUT2D eigenvalue weighted by Gasteiger charge is 2.46. The van der Waals surface area contributed by atoms with Crippen molar-refractivity contribution in [1.29, 1.82) is 0 Å². The number of aliphatic hydroxyl groups excluding tert-OH is 1. The van der Waals surface area contributed by atoms with Crippen LogP contribution in [-0.4, -0.2) is 51.4 Å². The van der Waals surface area contributed by atoms with Gasteiger partial charge in [0.1, 0.15) is 5.76 Å². The Morgan fingerprint density at radius 2 is 1.58 bits per heavy atom. The van der Waals surface area contributed by atoms with Crippen molar-refractivity contribution in [2.24, 2.45) is 0 Å². The highest BCUT2D eigenvalue weighted by molar-refractivity contribution is 6.58. The fourth-order valence-electron chi connectivity index (χ4n) is 6.17. The van der Waals surface area contributed by atoms with E-state index in [2.05, 4.69) is 61.4 Å². The number of nitrogens with zero attached hydrogens (tertiary/aromatic N) is 2. The fourth-order valence-corrected chi connectivity index (χ4v) is 6.17. The molecule has 0 spiro atoms. The Kier molecular flexibility index (Phi) is 9.04. The standard InChI is InChI=1S/C36H41BN2O4/c1-5-7-20-38(21-8-6-2)28-18-16-26(17-19-28)33-34(40)29(35(33)41)23-32-36(3,4)30-14-9-10-15-31(30)39(32)24-25-12-11-13-27(22-25)37(42)43/h9-19,22-23,42-43H,5-8,20-21,24H2,1-4H3/p+1. The van der Waals surface area contributed by atoms with Gasteiger partial charge in [0.2, 0.25) is 11.5 Å². The van der Waals surface area contributed by atoms with E-state index in [0.29, 0.717) is 23.2 Å². The van der Waals surface area contributed by atoms with Crippen molar-refractivity contribution in [3.05, 3.63) is 107 Å². The van der Waals surface area contributed by atoms with Gasteiger partial charge in [0.15, 0.2) is 12.3 Å². The number of para-hydroxylation sites is 1. The molecule has 222 valence electrons. The van der Waals surface area contributed by atoms with Gasteiger partial charge in [-0.05, 0) is 49.8 Å². The Balaban J connectivity index is 1.49. The quantitative estimate of drug-likeness (QED) is 0.143. The lowest BCUT2D eigenvalue weighted by Gasteiger charge is -2.26. The molecule has 3 aromatic carbocycles. The lowest BCUT2D eigenvalue weighted by molar-refractivity contribution is -0.455. The summed E-state index contributed by atoms with van der Waals surface area (Å²) in [6, 6.07) is 23.4. The van der Waals surface area contributed by atoms with Gasteiger partial charge in [0.05, 0.1) is 16.6 Å². The summed E-state index contributed by atoms with van der Waals surface area (Å²) < 4.78 is 2.15. The minimum Gasteiger partial charge on any atom is -0.506 e. The van der Waals surface area contributed by atoms with E-state index in [4.69, 9.17) is 0 Å². The molecule has 3 aromatic rings. The average Bonchev–Trinajstić information content (AvgIpc) is 3.22. The van der Waals surface area contributed by atoms with E-state index < -0.39 is 12.5 Å². The van der Waals surface area contributed by atoms with Gasteiger partial charge in [-0.2, -0.15) is 4.58 Å². The summed E-state index contributed by atoms with van der Waals surface area (Å²) in [5.41, 5.74) is 6.50. The van der Waals surface area contributed by atoms with Crippen molar-refractivity contribution in [2.45, 2.75) is 65.3 Å². The first kappa shape index (κ1) is 30.5. The largest absolute Gasteiger partial charge is 0.506 e. The molecular weight excluding hydrogens is 535 g/mol. The molecule has 43 heavy (non-hydrogen) atoms. The van der Waals surface area contributed by atoms with Crippen molar-refractivity contribution < 1.29 is 24.5 Å². The van der Waals surface area contributed by atoms with E-state index in [-0.39, 0.29) is 11.5 Å². The van der Waals surface area contributed by atoms with Crippen LogP contribution in [0.4, 0.5) is 11.4 Å². The van der Waals surface area contributed by atoms with Gasteiger partial charge < -0.3 is 20.1 Å². The first-order valence-corrected chi connectivity index (χ1v) is 15.4. The van der Waals surface area contributed by atoms with Crippen LogP contribution in [0.15, 0.2) is 90.2 Å². The highest BCUT2D eigenvalue weighted by atomic mass is 16.4. The molecule has 0 radical (unpaired) electrons. The number of hydrogen-bond acceptors (Lipinski definition) is 5. The number of Topliss-reactive ketones (excluding diaryl/α,β-unsaturated/α-hetero) is 1. The number of ketones is 1. The summed E-state index contributed by atoms with van der Waals surface area (Å²) in [6.45, 7) is 11.1. The number of fused-ring (bicyclic) bond motifs is 1. The van der Waals surface area contributed by atoms with Crippen LogP contribution < -0.4 is 10.4 Å². The molecule has 5 rings (SSSR count). The van der Waals surface area contributed by atoms with Crippen LogP contribution in [-0.2, 0) is 16.8 Å². The molecule has 3 N–H and O–H groups in total. The molecule has 0 amide bonds. The van der Waals surface area contributed by atoms with E-state index in [9.17, 15) is 19.9 Å². The van der Waals surface area contributed by atoms with Gasteiger partial charge in [-0.15, -0.1) is 0 Å². The first-order valence-electron chi connectivity index (χ1n) is 15.4. The van der Waals surface area contributed by atoms with Gasteiger partial charge in [0.25, 0.3) is 0 Å². The van der Waals surface area contributed by atoms with E-state index in [1.807, 2.05) is 42.5 Å². The maximum atomic E-state index is 13.5. The van der Waals surface area contributed by atoms with Crippen molar-refractivity contribution >= 4 is 41.0 Å². The van der Waals surface area contributed by atoms with Crippen LogP contribution >= 0.6 is 0 Å². The normalized spacial score (nSPS) is 16.5. The smallest absolute Gasteiger partial charge is 0.488 e. The molecule has 6 nitrogen and oxygen atoms in total. The number of aliphatic hydroxyl groups is 1. The number of allylic oxidation sites excluding steroid dienone is 3. The molecule has 0 fully saturated rings. The van der Waals surface area contributed by atoms with Gasteiger partial charge >= 0.3 is 7.12 Å². The lowest BCUT2D eigenvalue weighted by atomic mass is 9.77. The third-order valence-electron chi connectivity index (χ3n) is 8.72. The lowest BCUT2D eigenvalue weighted by Crippen LogP contribution is -2.31. The molecule has 0 saturated carbocycles. The monoisotopic (exact) mass is 577 g/mol. The van der Waals surface area contributed by atoms with Crippen LogP contribution in [0.3, 0.4) is 0 Å². The van der Waals surface area contributed by atoms with Crippen molar-refractivity contribution in [3.8, 4) is 0 Å². The van der Waals surface area contributed by atoms with Crippen LogP contribution in [0.5, 0.6) is 0 Å². The molecule has 0 saturated heterocycles. The Morgan fingerprint density at radius 1 is 0.907 bits per heavy atom. The van der Waals surface area contributed by atoms with Gasteiger partial charge in [0, 0.05) is 42.0 Å². The van der Waals surface area contributed by atoms with E-state index in [1.165, 1.54) is 0 Å². The molecule has 0 atom stereocenters. The van der Waals surface area contributed by atoms with Gasteiger partial charge in [-0.25, -0.2) is 0 Å². The molecule has 7 heteroatoms. The molecule has 0 unspecified atom stereocenters. The molecule has 0 bridgehead atoms. The number of anilines is 1. The zero-order valence-electron chi connectivity index (χ0n) is 25.7. The summed E-state index contributed by atoms with van der Waals surface area (Å²) in [7, 11) is -1.55. The van der Waals surface area contributed by atoms with E-state index >= 15 is 0 Å². The Hall–Kier alpha value is -3.94. The van der Waals surface area contributed by atoms with Crippen LogP contribution in [0, 0.1) is 0 Å². The number of carbonyl (C=O) groups is 1. The summed E-state index contributed by atoms with van der Waals surface area (Å²) >= 11 is 0. The molecular formula is C36H42BN2O4+. The van der Waals surface area contributed by atoms with Crippen molar-refractivity contribution in [2.75, 3.05) is 18.0 Å². The zero-order chi connectivity index (χ0) is 30.7. The maximum Gasteiger partial charge on any atom is 0.488 e. The minimum absolute atomic E-state index is 0.0242. The van der Waals surface area contributed by atoms with Gasteiger partial charge in [-0.3, -0.25) is 4.79 Å². The maximum absolute atomic E-state index is 13.5. The van der Waals surface area contributed by atoms with Crippen LogP contribution in [0.1, 0.15) is 70.1 Å². The molecule has 0 aromatic heterocycles. The Morgan fingerprint density at radius 3 is 2.21 bits per heavy atom. The third kappa shape index (κ3) is 5.97. The Bertz CT molecular complexity index is 1590. The first-order chi connectivity index (χ1) is 20.7. The number of hydrogen-bond donors (Lipinski definition) is 3. The summed E-state index contributed by atoms with van der Waals surface area (Å²) in [4.78, 5) is 16.0. The molecule has 1 aliphatic carbocycles. The van der Waals surface area contributed by atoms with Gasteiger partial charge in [-0.1, -0.05) is 81.3 Å². The van der Waals surface area contributed by atoms with E-state index in [1.54, 1.807) is 12.1 Å². The summed E-state index contributed by atoms with van der Waals surface area (Å²) in [5.74, 6) is -0.139. The van der Waals surface area contributed by atoms with Crippen LogP contribution in [0.2, 0.25) is 0 Å². The van der Waals surface area contributed by atoms with Crippen LogP contribution in [0.25, 0.3) is 5.57 Å². The Labute approximate surface area is 255 Å². The molecule has 2 aliphatic rings. The molecule has 1 aliphatic heterocycles. The van der Waals surface area contributed by atoms with E-state index in [0.717, 1.165) is 72.5 Å². The second-order valence-electron chi connectivity index (χ2n) is 12.1. The number of unbranched alkanes of at least 4 members (excludes halogenated alkanes) is 2. The number of carbonyl (C=O) groups excluding carboxylic acids is 1. The SMILES string of the molecule is CCCCN(CCCC)c1ccc(C2=C(O)/C(=C\C3=[N+](Cc4cccc(B(O)O)c4)c4ccccc4C3(C)C)C2=O)cc1. The fraction of sp³-hybridized carbons (Fsp3) is 0.333. The minimum atomic E-state index is -1.55.